The Morgan fingerprint density at radius 1 is 1.00 bits per heavy atom. The van der Waals surface area contributed by atoms with E-state index < -0.39 is 11.6 Å². The second-order valence-corrected chi connectivity index (χ2v) is 5.88. The maximum Gasteiger partial charge on any atom is 0.234 e. The molecule has 0 amide bonds. The van der Waals surface area contributed by atoms with E-state index in [1.807, 2.05) is 0 Å². The van der Waals surface area contributed by atoms with Crippen molar-refractivity contribution in [3.05, 3.63) is 78.1 Å². The molecule has 0 saturated heterocycles. The third-order valence-corrected chi connectivity index (χ3v) is 3.96. The molecule has 0 atom stereocenters. The molecule has 8 heteroatoms. The Labute approximate surface area is 151 Å². The van der Waals surface area contributed by atoms with Crippen molar-refractivity contribution in [2.75, 3.05) is 5.73 Å². The molecule has 0 unspecified atom stereocenters. The lowest BCUT2D eigenvalue weighted by molar-refractivity contribution is 0.301. The summed E-state index contributed by atoms with van der Waals surface area (Å²) in [5, 5.41) is 0. The van der Waals surface area contributed by atoms with E-state index in [1.54, 1.807) is 16.8 Å². The number of anilines is 1. The quantitative estimate of drug-likeness (QED) is 0.552. The Bertz CT molecular complexity index is 1130. The van der Waals surface area contributed by atoms with Gasteiger partial charge in [0.2, 0.25) is 5.78 Å². The summed E-state index contributed by atoms with van der Waals surface area (Å²) in [5.74, 6) is -1.41. The smallest absolute Gasteiger partial charge is 0.234 e. The lowest BCUT2D eigenvalue weighted by Gasteiger charge is -2.06. The molecule has 0 saturated carbocycles. The number of fused-ring (bicyclic) bond motifs is 1. The predicted octanol–water partition coefficient (Wildman–Crippen LogP) is 3.97. The Kier molecular flexibility index (Phi) is 4.15. The van der Waals surface area contributed by atoms with Gasteiger partial charge in [-0.15, -0.1) is 0 Å². The standard InChI is InChI=1S/C19H13F3N4O/c20-12-1-3-14(4-2-12)27-10-13-9-26-8-11(7-24-19(26)25-13)15-5-16(21)17(22)6-18(15)23/h1-9H,10,23H2. The van der Waals surface area contributed by atoms with E-state index >= 15 is 0 Å². The molecule has 0 spiro atoms. The number of benzene rings is 2. The lowest BCUT2D eigenvalue weighted by Crippen LogP contribution is -1.96. The molecular weight excluding hydrogens is 357 g/mol. The van der Waals surface area contributed by atoms with Crippen LogP contribution in [0.5, 0.6) is 5.75 Å². The molecule has 0 bridgehead atoms. The minimum Gasteiger partial charge on any atom is -0.487 e. The summed E-state index contributed by atoms with van der Waals surface area (Å²) in [4.78, 5) is 8.53. The van der Waals surface area contributed by atoms with E-state index in [9.17, 15) is 13.2 Å². The summed E-state index contributed by atoms with van der Waals surface area (Å²) in [6, 6.07) is 7.62. The molecule has 2 N–H and O–H groups in total. The zero-order chi connectivity index (χ0) is 19.0. The number of nitrogen functional groups attached to an aromatic ring is 1. The lowest BCUT2D eigenvalue weighted by atomic mass is 10.1. The maximum absolute atomic E-state index is 13.5. The molecule has 0 aliphatic carbocycles. The Hall–Kier alpha value is -3.55. The Balaban J connectivity index is 1.60. The topological polar surface area (TPSA) is 65.4 Å². The average Bonchev–Trinajstić information content (AvgIpc) is 3.06. The van der Waals surface area contributed by atoms with Crippen molar-refractivity contribution in [1.29, 1.82) is 0 Å². The molecule has 4 rings (SSSR count). The van der Waals surface area contributed by atoms with Crippen LogP contribution in [0.25, 0.3) is 16.9 Å². The summed E-state index contributed by atoms with van der Waals surface area (Å²) < 4.78 is 46.9. The SMILES string of the molecule is Nc1cc(F)c(F)cc1-c1cnc2nc(COc3ccc(F)cc3)cn2c1. The van der Waals surface area contributed by atoms with Crippen LogP contribution in [0, 0.1) is 17.5 Å². The number of aromatic nitrogens is 3. The first-order chi connectivity index (χ1) is 13.0. The first kappa shape index (κ1) is 16.9. The van der Waals surface area contributed by atoms with Gasteiger partial charge in [0.1, 0.15) is 18.2 Å². The molecule has 0 radical (unpaired) electrons. The molecular formula is C19H13F3N4O. The highest BCUT2D eigenvalue weighted by Crippen LogP contribution is 2.28. The van der Waals surface area contributed by atoms with Crippen LogP contribution >= 0.6 is 0 Å². The number of nitrogens with two attached hydrogens (primary N) is 1. The fourth-order valence-electron chi connectivity index (χ4n) is 2.64. The molecule has 136 valence electrons. The molecule has 2 heterocycles. The summed E-state index contributed by atoms with van der Waals surface area (Å²) in [5.41, 5.74) is 7.34. The zero-order valence-electron chi connectivity index (χ0n) is 13.9. The number of hydrogen-bond acceptors (Lipinski definition) is 4. The summed E-state index contributed by atoms with van der Waals surface area (Å²) in [7, 11) is 0. The Morgan fingerprint density at radius 3 is 2.52 bits per heavy atom. The minimum absolute atomic E-state index is 0.107. The van der Waals surface area contributed by atoms with Crippen LogP contribution in [0.4, 0.5) is 18.9 Å². The summed E-state index contributed by atoms with van der Waals surface area (Å²) in [6.07, 6.45) is 4.85. The minimum atomic E-state index is -1.01. The highest BCUT2D eigenvalue weighted by molar-refractivity contribution is 5.75. The maximum atomic E-state index is 13.5. The third kappa shape index (κ3) is 3.41. The largest absolute Gasteiger partial charge is 0.487 e. The molecule has 0 aliphatic rings. The van der Waals surface area contributed by atoms with E-state index in [2.05, 4.69) is 9.97 Å². The summed E-state index contributed by atoms with van der Waals surface area (Å²) in [6.45, 7) is 0.164. The van der Waals surface area contributed by atoms with Crippen LogP contribution in [-0.2, 0) is 6.61 Å². The third-order valence-electron chi connectivity index (χ3n) is 3.96. The number of hydrogen-bond donors (Lipinski definition) is 1. The van der Waals surface area contributed by atoms with Crippen molar-refractivity contribution in [2.24, 2.45) is 0 Å². The van der Waals surface area contributed by atoms with Gasteiger partial charge in [0.15, 0.2) is 11.6 Å². The van der Waals surface area contributed by atoms with Crippen molar-refractivity contribution < 1.29 is 17.9 Å². The van der Waals surface area contributed by atoms with Gasteiger partial charge >= 0.3 is 0 Å². The average molecular weight is 370 g/mol. The number of nitrogens with zero attached hydrogens (tertiary/aromatic N) is 3. The van der Waals surface area contributed by atoms with Crippen molar-refractivity contribution in [3.8, 4) is 16.9 Å². The van der Waals surface area contributed by atoms with Gasteiger partial charge in [-0.05, 0) is 30.3 Å². The van der Waals surface area contributed by atoms with Gasteiger partial charge in [-0.25, -0.2) is 23.1 Å². The first-order valence-electron chi connectivity index (χ1n) is 7.96. The number of halogens is 3. The van der Waals surface area contributed by atoms with Crippen LogP contribution < -0.4 is 10.5 Å². The van der Waals surface area contributed by atoms with E-state index in [0.717, 1.165) is 12.1 Å². The fraction of sp³-hybridized carbons (Fsp3) is 0.0526. The molecule has 2 aromatic heterocycles. The van der Waals surface area contributed by atoms with Crippen LogP contribution in [0.3, 0.4) is 0 Å². The van der Waals surface area contributed by atoms with Gasteiger partial charge in [-0.2, -0.15) is 0 Å². The molecule has 2 aromatic carbocycles. The molecule has 0 aliphatic heterocycles. The van der Waals surface area contributed by atoms with Gasteiger partial charge in [-0.1, -0.05) is 0 Å². The van der Waals surface area contributed by atoms with Gasteiger partial charge in [0.25, 0.3) is 0 Å². The van der Waals surface area contributed by atoms with Crippen LogP contribution in [0.2, 0.25) is 0 Å². The zero-order valence-corrected chi connectivity index (χ0v) is 13.9. The van der Waals surface area contributed by atoms with E-state index in [1.165, 1.54) is 30.5 Å². The molecule has 27 heavy (non-hydrogen) atoms. The van der Waals surface area contributed by atoms with E-state index in [4.69, 9.17) is 10.5 Å². The first-order valence-corrected chi connectivity index (χ1v) is 7.96. The van der Waals surface area contributed by atoms with Crippen LogP contribution in [0.15, 0.2) is 55.0 Å². The van der Waals surface area contributed by atoms with Crippen molar-refractivity contribution in [1.82, 2.24) is 14.4 Å². The van der Waals surface area contributed by atoms with Crippen LogP contribution in [-0.4, -0.2) is 14.4 Å². The number of rotatable bonds is 4. The second-order valence-electron chi connectivity index (χ2n) is 5.88. The number of imidazole rings is 1. The molecule has 5 nitrogen and oxygen atoms in total. The predicted molar refractivity (Wildman–Crippen MR) is 93.5 cm³/mol. The highest BCUT2D eigenvalue weighted by Gasteiger charge is 2.12. The monoisotopic (exact) mass is 370 g/mol. The van der Waals surface area contributed by atoms with Crippen LogP contribution in [0.1, 0.15) is 5.69 Å². The van der Waals surface area contributed by atoms with E-state index in [0.29, 0.717) is 28.3 Å². The van der Waals surface area contributed by atoms with Gasteiger partial charge in [0.05, 0.1) is 5.69 Å². The van der Waals surface area contributed by atoms with Gasteiger partial charge in [-0.3, -0.25) is 4.40 Å². The van der Waals surface area contributed by atoms with Crippen molar-refractivity contribution in [2.45, 2.75) is 6.61 Å². The highest BCUT2D eigenvalue weighted by atomic mass is 19.2. The van der Waals surface area contributed by atoms with Gasteiger partial charge < -0.3 is 10.5 Å². The van der Waals surface area contributed by atoms with Crippen molar-refractivity contribution >= 4 is 11.5 Å². The number of ether oxygens (including phenoxy) is 1. The van der Waals surface area contributed by atoms with Crippen molar-refractivity contribution in [3.63, 3.8) is 0 Å². The second kappa shape index (κ2) is 6.64. The molecule has 0 fully saturated rings. The fourth-order valence-corrected chi connectivity index (χ4v) is 2.64. The van der Waals surface area contributed by atoms with E-state index in [-0.39, 0.29) is 18.1 Å². The summed E-state index contributed by atoms with van der Waals surface area (Å²) >= 11 is 0. The molecule has 4 aromatic rings. The van der Waals surface area contributed by atoms with Gasteiger partial charge in [0, 0.05) is 41.5 Å². The normalized spacial score (nSPS) is 11.1. The Morgan fingerprint density at radius 2 is 1.74 bits per heavy atom.